The van der Waals surface area contributed by atoms with Crippen LogP contribution in [-0.2, 0) is 0 Å². The minimum atomic E-state index is -0.721. The molecule has 0 aliphatic heterocycles. The van der Waals surface area contributed by atoms with E-state index in [4.69, 9.17) is 0 Å². The van der Waals surface area contributed by atoms with Crippen molar-refractivity contribution >= 4 is 5.52 Å². The van der Waals surface area contributed by atoms with Gasteiger partial charge in [0.1, 0.15) is 6.10 Å². The number of hydrogen-bond donors (Lipinski definition) is 1. The van der Waals surface area contributed by atoms with E-state index in [-0.39, 0.29) is 0 Å². The van der Waals surface area contributed by atoms with Gasteiger partial charge in [-0.15, -0.1) is 0 Å². The molecule has 5 heteroatoms. The molecule has 1 atom stereocenters. The molecule has 0 saturated heterocycles. The van der Waals surface area contributed by atoms with Gasteiger partial charge in [-0.25, -0.2) is 9.97 Å². The molecule has 3 heterocycles. The molecular weight excluding hydrogens is 276 g/mol. The number of aliphatic hydroxyl groups is 1. The highest BCUT2D eigenvalue weighted by molar-refractivity contribution is 5.47. The highest BCUT2D eigenvalue weighted by atomic mass is 16.3. The summed E-state index contributed by atoms with van der Waals surface area (Å²) >= 11 is 0. The Morgan fingerprint density at radius 3 is 2.77 bits per heavy atom. The zero-order valence-electron chi connectivity index (χ0n) is 11.7. The van der Waals surface area contributed by atoms with Gasteiger partial charge in [0.05, 0.1) is 30.1 Å². The monoisotopic (exact) mass is 290 g/mol. The van der Waals surface area contributed by atoms with Crippen molar-refractivity contribution in [2.45, 2.75) is 6.10 Å². The molecule has 0 spiro atoms. The van der Waals surface area contributed by atoms with E-state index in [0.717, 1.165) is 22.5 Å². The van der Waals surface area contributed by atoms with Crippen molar-refractivity contribution in [2.75, 3.05) is 0 Å². The molecule has 4 rings (SSSR count). The fraction of sp³-hybridized carbons (Fsp3) is 0.0588. The molecule has 1 unspecified atom stereocenters. The van der Waals surface area contributed by atoms with Gasteiger partial charge in [0.15, 0.2) is 0 Å². The first-order valence-corrected chi connectivity index (χ1v) is 7.00. The van der Waals surface area contributed by atoms with Gasteiger partial charge in [0.2, 0.25) is 0 Å². The molecule has 0 aliphatic rings. The standard InChI is InChI=1S/C17H14N4O/c22-17(16-6-2-5-15-10-19-12-21(15)16)13-3-1-4-14(9-13)20-8-7-18-11-20/h1-12,17,22H. The van der Waals surface area contributed by atoms with Crippen LogP contribution in [0.5, 0.6) is 0 Å². The van der Waals surface area contributed by atoms with Crippen LogP contribution in [0.2, 0.25) is 0 Å². The SMILES string of the molecule is OC(c1cccc(-n2ccnc2)c1)c1cccc2cncn12. The van der Waals surface area contributed by atoms with Crippen LogP contribution in [0.1, 0.15) is 17.4 Å². The average molecular weight is 290 g/mol. The van der Waals surface area contributed by atoms with Crippen molar-refractivity contribution in [1.29, 1.82) is 0 Å². The molecule has 0 aliphatic carbocycles. The van der Waals surface area contributed by atoms with Crippen LogP contribution >= 0.6 is 0 Å². The van der Waals surface area contributed by atoms with E-state index in [2.05, 4.69) is 9.97 Å². The Morgan fingerprint density at radius 1 is 1.00 bits per heavy atom. The number of nitrogens with zero attached hydrogens (tertiary/aromatic N) is 4. The van der Waals surface area contributed by atoms with Crippen LogP contribution < -0.4 is 0 Å². The summed E-state index contributed by atoms with van der Waals surface area (Å²) < 4.78 is 3.81. The van der Waals surface area contributed by atoms with Crippen LogP contribution in [0.3, 0.4) is 0 Å². The molecule has 4 aromatic rings. The number of rotatable bonds is 3. The van der Waals surface area contributed by atoms with Crippen LogP contribution in [-0.4, -0.2) is 24.0 Å². The number of benzene rings is 1. The second-order valence-corrected chi connectivity index (χ2v) is 5.11. The summed E-state index contributed by atoms with van der Waals surface area (Å²) in [6.45, 7) is 0. The maximum Gasteiger partial charge on any atom is 0.119 e. The first kappa shape index (κ1) is 12.8. The lowest BCUT2D eigenvalue weighted by molar-refractivity contribution is 0.214. The Hall–Kier alpha value is -2.92. The lowest BCUT2D eigenvalue weighted by Gasteiger charge is -2.15. The molecule has 0 radical (unpaired) electrons. The lowest BCUT2D eigenvalue weighted by Crippen LogP contribution is -2.06. The van der Waals surface area contributed by atoms with Gasteiger partial charge in [-0.1, -0.05) is 18.2 Å². The molecule has 1 N–H and O–H groups in total. The van der Waals surface area contributed by atoms with Crippen molar-refractivity contribution in [2.24, 2.45) is 0 Å². The summed E-state index contributed by atoms with van der Waals surface area (Å²) in [5.74, 6) is 0. The zero-order valence-corrected chi connectivity index (χ0v) is 11.7. The number of imidazole rings is 2. The van der Waals surface area contributed by atoms with Crippen LogP contribution in [0, 0.1) is 0 Å². The third-order valence-electron chi connectivity index (χ3n) is 3.75. The van der Waals surface area contributed by atoms with Gasteiger partial charge in [-0.3, -0.25) is 0 Å². The molecular formula is C17H14N4O. The van der Waals surface area contributed by atoms with Crippen molar-refractivity contribution in [3.8, 4) is 5.69 Å². The number of aromatic nitrogens is 4. The average Bonchev–Trinajstić information content (AvgIpc) is 3.25. The third-order valence-corrected chi connectivity index (χ3v) is 3.75. The molecule has 3 aromatic heterocycles. The van der Waals surface area contributed by atoms with E-state index in [1.807, 2.05) is 57.6 Å². The van der Waals surface area contributed by atoms with Gasteiger partial charge < -0.3 is 14.1 Å². The number of fused-ring (bicyclic) bond motifs is 1. The highest BCUT2D eigenvalue weighted by Gasteiger charge is 2.14. The van der Waals surface area contributed by atoms with E-state index >= 15 is 0 Å². The van der Waals surface area contributed by atoms with Crippen LogP contribution in [0.25, 0.3) is 11.2 Å². The molecule has 1 aromatic carbocycles. The minimum Gasteiger partial charge on any atom is -0.382 e. The van der Waals surface area contributed by atoms with Gasteiger partial charge in [0.25, 0.3) is 0 Å². The topological polar surface area (TPSA) is 55.3 Å². The maximum atomic E-state index is 10.8. The third kappa shape index (κ3) is 2.08. The predicted molar refractivity (Wildman–Crippen MR) is 82.8 cm³/mol. The van der Waals surface area contributed by atoms with Gasteiger partial charge in [-0.2, -0.15) is 0 Å². The Bertz CT molecular complexity index is 911. The normalized spacial score (nSPS) is 12.6. The van der Waals surface area contributed by atoms with Crippen molar-refractivity contribution in [3.63, 3.8) is 0 Å². The summed E-state index contributed by atoms with van der Waals surface area (Å²) in [5, 5.41) is 10.8. The van der Waals surface area contributed by atoms with Crippen molar-refractivity contribution < 1.29 is 5.11 Å². The molecule has 22 heavy (non-hydrogen) atoms. The smallest absolute Gasteiger partial charge is 0.119 e. The van der Waals surface area contributed by atoms with Gasteiger partial charge in [0, 0.05) is 18.1 Å². The molecule has 0 amide bonds. The molecule has 0 saturated carbocycles. The number of hydrogen-bond acceptors (Lipinski definition) is 3. The van der Waals surface area contributed by atoms with E-state index in [0.29, 0.717) is 0 Å². The highest BCUT2D eigenvalue weighted by Crippen LogP contribution is 2.24. The summed E-state index contributed by atoms with van der Waals surface area (Å²) in [6.07, 6.45) is 8.12. The van der Waals surface area contributed by atoms with E-state index in [1.165, 1.54) is 0 Å². The summed E-state index contributed by atoms with van der Waals surface area (Å²) in [6, 6.07) is 13.6. The molecule has 0 fully saturated rings. The first-order valence-electron chi connectivity index (χ1n) is 7.00. The summed E-state index contributed by atoms with van der Waals surface area (Å²) in [4.78, 5) is 8.19. The van der Waals surface area contributed by atoms with Gasteiger partial charge in [-0.05, 0) is 29.8 Å². The minimum absolute atomic E-state index is 0.721. The number of pyridine rings is 1. The summed E-state index contributed by atoms with van der Waals surface area (Å²) in [5.41, 5.74) is 3.54. The Balaban J connectivity index is 1.78. The molecule has 0 bridgehead atoms. The number of aliphatic hydroxyl groups excluding tert-OH is 1. The fourth-order valence-corrected chi connectivity index (χ4v) is 2.63. The Morgan fingerprint density at radius 2 is 1.91 bits per heavy atom. The summed E-state index contributed by atoms with van der Waals surface area (Å²) in [7, 11) is 0. The quantitative estimate of drug-likeness (QED) is 0.631. The molecule has 5 nitrogen and oxygen atoms in total. The fourth-order valence-electron chi connectivity index (χ4n) is 2.63. The lowest BCUT2D eigenvalue weighted by atomic mass is 10.0. The zero-order chi connectivity index (χ0) is 14.9. The first-order chi connectivity index (χ1) is 10.8. The molecule has 108 valence electrons. The second kappa shape index (κ2) is 5.13. The van der Waals surface area contributed by atoms with E-state index in [9.17, 15) is 5.11 Å². The van der Waals surface area contributed by atoms with Crippen molar-refractivity contribution in [3.05, 3.63) is 85.0 Å². The Kier molecular flexibility index (Phi) is 2.98. The van der Waals surface area contributed by atoms with Gasteiger partial charge >= 0.3 is 0 Å². The second-order valence-electron chi connectivity index (χ2n) is 5.11. The largest absolute Gasteiger partial charge is 0.382 e. The Labute approximate surface area is 127 Å². The predicted octanol–water partition coefficient (Wildman–Crippen LogP) is 2.60. The van der Waals surface area contributed by atoms with E-state index < -0.39 is 6.10 Å². The van der Waals surface area contributed by atoms with Crippen LogP contribution in [0.4, 0.5) is 0 Å². The van der Waals surface area contributed by atoms with Crippen LogP contribution in [0.15, 0.2) is 73.7 Å². The van der Waals surface area contributed by atoms with Crippen molar-refractivity contribution in [1.82, 2.24) is 18.9 Å². The maximum absolute atomic E-state index is 10.8. The van der Waals surface area contributed by atoms with E-state index in [1.54, 1.807) is 25.0 Å².